The van der Waals surface area contributed by atoms with E-state index in [1.807, 2.05) is 13.8 Å². The Hall–Kier alpha value is -1.60. The number of carbonyl (C=O) groups is 2. The molecule has 0 aliphatic rings. The Kier molecular flexibility index (Phi) is 7.89. The fourth-order valence-electron chi connectivity index (χ4n) is 1.92. The van der Waals surface area contributed by atoms with Gasteiger partial charge in [-0.2, -0.15) is 10.6 Å². The van der Waals surface area contributed by atoms with E-state index < -0.39 is 34.2 Å². The zero-order valence-corrected chi connectivity index (χ0v) is 16.6. The molecule has 0 aromatic heterocycles. The first-order valence-electron chi connectivity index (χ1n) is 7.90. The Morgan fingerprint density at radius 1 is 1.32 bits per heavy atom. The number of benzene rings is 1. The molecule has 0 aliphatic heterocycles. The monoisotopic (exact) mass is 387 g/mol. The summed E-state index contributed by atoms with van der Waals surface area (Å²) in [5, 5.41) is 2.91. The minimum Gasteiger partial charge on any atom is -0.444 e. The number of rotatable bonds is 5. The molecule has 140 valence electrons. The van der Waals surface area contributed by atoms with E-state index in [4.69, 9.17) is 16.3 Å². The van der Waals surface area contributed by atoms with Crippen LogP contribution < -0.4 is 5.32 Å². The number of amides is 2. The highest BCUT2D eigenvalue weighted by Crippen LogP contribution is 2.14. The van der Waals surface area contributed by atoms with Gasteiger partial charge in [0.05, 0.1) is 0 Å². The van der Waals surface area contributed by atoms with Crippen molar-refractivity contribution in [2.24, 2.45) is 10.3 Å². The number of hydrogen-bond acceptors (Lipinski definition) is 5. The highest BCUT2D eigenvalue weighted by atomic mass is 35.5. The van der Waals surface area contributed by atoms with Crippen molar-refractivity contribution in [2.45, 2.75) is 57.6 Å². The van der Waals surface area contributed by atoms with Crippen LogP contribution in [0.3, 0.4) is 0 Å². The molecule has 2 amide bonds. The second kappa shape index (κ2) is 9.20. The molecule has 0 aliphatic carbocycles. The van der Waals surface area contributed by atoms with Crippen LogP contribution >= 0.6 is 11.6 Å². The van der Waals surface area contributed by atoms with Gasteiger partial charge in [0.2, 0.25) is 5.91 Å². The number of ether oxygens (including phenoxy) is 1. The molecule has 1 atom stereocenters. The van der Waals surface area contributed by atoms with Gasteiger partial charge in [-0.25, -0.2) is 4.79 Å². The molecule has 25 heavy (non-hydrogen) atoms. The van der Waals surface area contributed by atoms with Crippen molar-refractivity contribution < 1.29 is 18.5 Å². The first-order valence-corrected chi connectivity index (χ1v) is 9.39. The Balaban J connectivity index is 2.94. The summed E-state index contributed by atoms with van der Waals surface area (Å²) in [6, 6.07) is 5.40. The number of alkyl carbamates (subject to hydrolysis) is 1. The van der Waals surface area contributed by atoms with Gasteiger partial charge in [-0.1, -0.05) is 48.5 Å². The summed E-state index contributed by atoms with van der Waals surface area (Å²) in [4.78, 5) is 24.6. The Bertz CT molecular complexity index is 707. The topological polar surface area (TPSA) is 84.8 Å². The summed E-state index contributed by atoms with van der Waals surface area (Å²) in [6.07, 6.45) is -0.357. The zero-order chi connectivity index (χ0) is 19.2. The maximum atomic E-state index is 12.4. The molecule has 0 saturated carbocycles. The Morgan fingerprint density at radius 2 is 1.96 bits per heavy atom. The molecule has 1 rings (SSSR count). The third-order valence-electron chi connectivity index (χ3n) is 2.87. The van der Waals surface area contributed by atoms with Gasteiger partial charge in [-0.05, 0) is 39.2 Å². The smallest absolute Gasteiger partial charge is 0.408 e. The molecule has 0 fully saturated rings. The lowest BCUT2D eigenvalue weighted by atomic mass is 10.0. The Morgan fingerprint density at radius 3 is 2.48 bits per heavy atom. The van der Waals surface area contributed by atoms with Gasteiger partial charge in [-0.15, -0.1) is 0 Å². The van der Waals surface area contributed by atoms with Gasteiger partial charge >= 0.3 is 6.09 Å². The lowest BCUT2D eigenvalue weighted by Gasteiger charge is -2.23. The molecule has 0 radical (unpaired) electrons. The molecule has 1 aromatic rings. The third-order valence-corrected chi connectivity index (χ3v) is 4.10. The average Bonchev–Trinajstić information content (AvgIpc) is 2.43. The molecule has 6 nitrogen and oxygen atoms in total. The van der Waals surface area contributed by atoms with Crippen LogP contribution in [0, 0.1) is 5.92 Å². The summed E-state index contributed by atoms with van der Waals surface area (Å²) >= 11 is 5.85. The molecule has 0 saturated heterocycles. The van der Waals surface area contributed by atoms with Crippen LogP contribution in [0.2, 0.25) is 5.02 Å². The van der Waals surface area contributed by atoms with Crippen LogP contribution in [0.1, 0.15) is 41.0 Å². The molecule has 8 heteroatoms. The van der Waals surface area contributed by atoms with E-state index in [9.17, 15) is 13.8 Å². The van der Waals surface area contributed by atoms with Gasteiger partial charge in [0.1, 0.15) is 11.6 Å². The lowest BCUT2D eigenvalue weighted by Crippen LogP contribution is -2.43. The minimum atomic E-state index is -1.89. The summed E-state index contributed by atoms with van der Waals surface area (Å²) in [5.41, 5.74) is -0.684. The second-order valence-electron chi connectivity index (χ2n) is 6.96. The van der Waals surface area contributed by atoms with Crippen molar-refractivity contribution in [1.82, 2.24) is 5.32 Å². The highest BCUT2D eigenvalue weighted by Gasteiger charge is 2.24. The van der Waals surface area contributed by atoms with Gasteiger partial charge in [0.15, 0.2) is 0 Å². The summed E-state index contributed by atoms with van der Waals surface area (Å²) in [7, 11) is -1.89. The van der Waals surface area contributed by atoms with Crippen LogP contribution in [0.25, 0.3) is 0 Å². The number of hydrogen-bond donors (Lipinski definition) is 1. The van der Waals surface area contributed by atoms with Crippen LogP contribution in [-0.2, 0) is 24.3 Å². The van der Waals surface area contributed by atoms with Crippen molar-refractivity contribution in [3.8, 4) is 0 Å². The normalized spacial score (nSPS) is 14.2. The van der Waals surface area contributed by atoms with E-state index in [1.54, 1.807) is 39.0 Å². The molecule has 0 heterocycles. The average molecular weight is 388 g/mol. The van der Waals surface area contributed by atoms with Crippen molar-refractivity contribution in [2.75, 3.05) is 0 Å². The van der Waals surface area contributed by atoms with Gasteiger partial charge < -0.3 is 18.6 Å². The van der Waals surface area contributed by atoms with Crippen molar-refractivity contribution in [1.29, 1.82) is 0 Å². The van der Waals surface area contributed by atoms with E-state index in [0.717, 1.165) is 0 Å². The first-order chi connectivity index (χ1) is 11.5. The number of carbonyl (C=O) groups excluding carboxylic acids is 2. The van der Waals surface area contributed by atoms with E-state index >= 15 is 0 Å². The van der Waals surface area contributed by atoms with E-state index in [0.29, 0.717) is 16.3 Å². The first kappa shape index (κ1) is 21.4. The van der Waals surface area contributed by atoms with Crippen molar-refractivity contribution >= 4 is 34.2 Å². The van der Waals surface area contributed by atoms with Crippen LogP contribution in [0.15, 0.2) is 33.5 Å². The quantitative estimate of drug-likeness (QED) is 0.762. The summed E-state index contributed by atoms with van der Waals surface area (Å²) in [6.45, 7) is 9.00. The van der Waals surface area contributed by atoms with Gasteiger partial charge in [0, 0.05) is 5.02 Å². The van der Waals surface area contributed by atoms with E-state index in [-0.39, 0.29) is 5.92 Å². The predicted molar refractivity (Wildman–Crippen MR) is 97.8 cm³/mol. The molecular weight excluding hydrogens is 364 g/mol. The second-order valence-corrected chi connectivity index (χ2v) is 8.55. The van der Waals surface area contributed by atoms with E-state index in [1.165, 1.54) is 6.07 Å². The standard InChI is InChI=1S/C17H24ClN2O4S/c1-11(2)9-14(19-16(22)24-17(3,4)5)15(21)20-25(23)13-8-6-7-12(18)10-13/h6-8,10-11,14H,9H2,1-5H3,(H,19,22)/q-1/t14-/m0/s1. The van der Waals surface area contributed by atoms with Crippen molar-refractivity contribution in [3.05, 3.63) is 29.3 Å². The number of nitrogens with one attached hydrogen (secondary N) is 1. The van der Waals surface area contributed by atoms with Gasteiger partial charge in [0.25, 0.3) is 0 Å². The molecule has 0 spiro atoms. The zero-order valence-electron chi connectivity index (χ0n) is 15.0. The van der Waals surface area contributed by atoms with E-state index in [2.05, 4.69) is 9.68 Å². The van der Waals surface area contributed by atoms with Crippen molar-refractivity contribution in [3.63, 3.8) is 0 Å². The summed E-state index contributed by atoms with van der Waals surface area (Å²) in [5.74, 6) is -0.545. The maximum Gasteiger partial charge on any atom is 0.408 e. The number of halogens is 1. The fraction of sp³-hybridized carbons (Fsp3) is 0.529. The summed E-state index contributed by atoms with van der Waals surface area (Å²) < 4.78 is 21.1. The van der Waals surface area contributed by atoms with Crippen LogP contribution in [0.5, 0.6) is 0 Å². The Labute approximate surface area is 155 Å². The SMILES string of the molecule is CC(C)C[C@H](NC(=O)OC(C)(C)C)C(=O)N=[S-](=O)c1cccc(Cl)c1. The van der Waals surface area contributed by atoms with Gasteiger partial charge in [-0.3, -0.25) is 4.79 Å². The molecule has 1 aromatic carbocycles. The fourth-order valence-corrected chi connectivity index (χ4v) is 2.99. The maximum absolute atomic E-state index is 12.4. The minimum absolute atomic E-state index is 0.124. The predicted octanol–water partition coefficient (Wildman–Crippen LogP) is 4.31. The van der Waals surface area contributed by atoms with Crippen LogP contribution in [-0.4, -0.2) is 23.6 Å². The highest BCUT2D eigenvalue weighted by molar-refractivity contribution is 7.75. The largest absolute Gasteiger partial charge is 0.444 e. The number of nitrogens with zero attached hydrogens (tertiary/aromatic N) is 1. The molecular formula is C17H24ClN2O4S-. The lowest BCUT2D eigenvalue weighted by molar-refractivity contribution is -0.120. The third kappa shape index (κ3) is 8.36. The molecule has 0 bridgehead atoms. The molecule has 0 unspecified atom stereocenters. The van der Waals surface area contributed by atoms with Crippen LogP contribution in [0.4, 0.5) is 4.79 Å². The molecule has 1 N–H and O–H groups in total.